The SMILES string of the molecule is CC1CC(C)CN(S(=O)(=O)c2cccc(C(=O)N3CC[C@@H](N)C3)c2)C1. The number of hydrogen-bond acceptors (Lipinski definition) is 4. The van der Waals surface area contributed by atoms with Gasteiger partial charge in [-0.2, -0.15) is 4.31 Å². The Bertz CT molecular complexity index is 740. The van der Waals surface area contributed by atoms with Crippen molar-refractivity contribution in [1.29, 1.82) is 0 Å². The Kier molecular flexibility index (Phi) is 5.18. The van der Waals surface area contributed by atoms with Crippen LogP contribution in [0.5, 0.6) is 0 Å². The first-order chi connectivity index (χ1) is 11.8. The zero-order valence-corrected chi connectivity index (χ0v) is 15.7. The molecule has 0 aliphatic carbocycles. The summed E-state index contributed by atoms with van der Waals surface area (Å²) in [5, 5.41) is 0. The predicted molar refractivity (Wildman–Crippen MR) is 96.6 cm³/mol. The van der Waals surface area contributed by atoms with Gasteiger partial charge in [-0.05, 0) is 42.9 Å². The summed E-state index contributed by atoms with van der Waals surface area (Å²) in [5.74, 6) is 0.536. The molecule has 25 heavy (non-hydrogen) atoms. The summed E-state index contributed by atoms with van der Waals surface area (Å²) in [4.78, 5) is 14.5. The molecule has 1 aromatic carbocycles. The summed E-state index contributed by atoms with van der Waals surface area (Å²) < 4.78 is 27.6. The lowest BCUT2D eigenvalue weighted by atomic mass is 9.94. The molecule has 2 unspecified atom stereocenters. The highest BCUT2D eigenvalue weighted by molar-refractivity contribution is 7.89. The maximum atomic E-state index is 13.0. The number of carbonyl (C=O) groups excluding carboxylic acids is 1. The predicted octanol–water partition coefficient (Wildman–Crippen LogP) is 1.53. The second-order valence-electron chi connectivity index (χ2n) is 7.60. The second-order valence-corrected chi connectivity index (χ2v) is 9.53. The van der Waals surface area contributed by atoms with Gasteiger partial charge >= 0.3 is 0 Å². The minimum absolute atomic E-state index is 0.00666. The lowest BCUT2D eigenvalue weighted by molar-refractivity contribution is 0.0790. The highest BCUT2D eigenvalue weighted by Gasteiger charge is 2.32. The first kappa shape index (κ1) is 18.4. The molecule has 0 spiro atoms. The van der Waals surface area contributed by atoms with Gasteiger partial charge < -0.3 is 10.6 Å². The Morgan fingerprint density at radius 3 is 2.44 bits per heavy atom. The number of rotatable bonds is 3. The van der Waals surface area contributed by atoms with Gasteiger partial charge in [0.1, 0.15) is 0 Å². The Morgan fingerprint density at radius 1 is 1.16 bits per heavy atom. The van der Waals surface area contributed by atoms with Gasteiger partial charge in [0, 0.05) is 37.8 Å². The number of sulfonamides is 1. The third kappa shape index (κ3) is 3.88. The van der Waals surface area contributed by atoms with Crippen molar-refractivity contribution in [2.45, 2.75) is 37.6 Å². The molecule has 1 amide bonds. The van der Waals surface area contributed by atoms with Gasteiger partial charge in [0.05, 0.1) is 4.90 Å². The van der Waals surface area contributed by atoms with E-state index in [1.54, 1.807) is 27.4 Å². The van der Waals surface area contributed by atoms with E-state index in [-0.39, 0.29) is 16.8 Å². The molecule has 2 heterocycles. The fraction of sp³-hybridized carbons (Fsp3) is 0.611. The number of carbonyl (C=O) groups is 1. The fourth-order valence-corrected chi connectivity index (χ4v) is 5.62. The molecule has 138 valence electrons. The third-order valence-corrected chi connectivity index (χ3v) is 6.89. The van der Waals surface area contributed by atoms with Crippen LogP contribution in [0.2, 0.25) is 0 Å². The van der Waals surface area contributed by atoms with Crippen LogP contribution in [0.25, 0.3) is 0 Å². The average molecular weight is 365 g/mol. The first-order valence-corrected chi connectivity index (χ1v) is 10.4. The van der Waals surface area contributed by atoms with Gasteiger partial charge in [0.25, 0.3) is 5.91 Å². The third-order valence-electron chi connectivity index (χ3n) is 5.07. The molecule has 0 aromatic heterocycles. The van der Waals surface area contributed by atoms with E-state index in [0.717, 1.165) is 12.8 Å². The molecule has 3 atom stereocenters. The van der Waals surface area contributed by atoms with Gasteiger partial charge in [-0.15, -0.1) is 0 Å². The van der Waals surface area contributed by atoms with Gasteiger partial charge in [-0.3, -0.25) is 4.79 Å². The summed E-state index contributed by atoms with van der Waals surface area (Å²) in [6.07, 6.45) is 1.83. The van der Waals surface area contributed by atoms with Crippen molar-refractivity contribution in [2.24, 2.45) is 17.6 Å². The van der Waals surface area contributed by atoms with Crippen LogP contribution in [-0.4, -0.2) is 55.8 Å². The maximum Gasteiger partial charge on any atom is 0.253 e. The molecule has 6 nitrogen and oxygen atoms in total. The van der Waals surface area contributed by atoms with E-state index >= 15 is 0 Å². The Labute approximate surface area is 150 Å². The largest absolute Gasteiger partial charge is 0.337 e. The molecule has 7 heteroatoms. The molecule has 3 rings (SSSR count). The Hall–Kier alpha value is -1.44. The average Bonchev–Trinajstić information content (AvgIpc) is 3.00. The van der Waals surface area contributed by atoms with Gasteiger partial charge in [-0.25, -0.2) is 8.42 Å². The first-order valence-electron chi connectivity index (χ1n) is 8.92. The van der Waals surface area contributed by atoms with E-state index in [1.807, 2.05) is 0 Å². The van der Waals surface area contributed by atoms with Crippen molar-refractivity contribution in [3.05, 3.63) is 29.8 Å². The number of nitrogens with two attached hydrogens (primary N) is 1. The number of benzene rings is 1. The normalized spacial score (nSPS) is 28.3. The zero-order chi connectivity index (χ0) is 18.2. The van der Waals surface area contributed by atoms with Gasteiger partial charge in [0.2, 0.25) is 10.0 Å². The number of piperidine rings is 1. The highest BCUT2D eigenvalue weighted by atomic mass is 32.2. The second kappa shape index (κ2) is 7.05. The quantitative estimate of drug-likeness (QED) is 0.880. The van der Waals surface area contributed by atoms with Crippen LogP contribution in [0.3, 0.4) is 0 Å². The van der Waals surface area contributed by atoms with E-state index in [0.29, 0.717) is 43.6 Å². The Balaban J connectivity index is 1.84. The maximum absolute atomic E-state index is 13.0. The molecule has 2 aliphatic heterocycles. The summed E-state index contributed by atoms with van der Waals surface area (Å²) in [6, 6.07) is 6.41. The molecule has 2 N–H and O–H groups in total. The van der Waals surface area contributed by atoms with Crippen LogP contribution < -0.4 is 5.73 Å². The highest BCUT2D eigenvalue weighted by Crippen LogP contribution is 2.27. The van der Waals surface area contributed by atoms with Crippen LogP contribution >= 0.6 is 0 Å². The van der Waals surface area contributed by atoms with E-state index < -0.39 is 10.0 Å². The van der Waals surface area contributed by atoms with Crippen LogP contribution in [0, 0.1) is 11.8 Å². The van der Waals surface area contributed by atoms with Crippen molar-refractivity contribution in [3.63, 3.8) is 0 Å². The van der Waals surface area contributed by atoms with Crippen molar-refractivity contribution in [2.75, 3.05) is 26.2 Å². The van der Waals surface area contributed by atoms with Gasteiger partial charge in [-0.1, -0.05) is 19.9 Å². The minimum atomic E-state index is -3.58. The Morgan fingerprint density at radius 2 is 1.84 bits per heavy atom. The molecule has 2 aliphatic rings. The lowest BCUT2D eigenvalue weighted by Gasteiger charge is -2.34. The molecule has 2 saturated heterocycles. The molecule has 1 aromatic rings. The molecule has 0 radical (unpaired) electrons. The number of hydrogen-bond donors (Lipinski definition) is 1. The minimum Gasteiger partial charge on any atom is -0.337 e. The van der Waals surface area contributed by atoms with Gasteiger partial charge in [0.15, 0.2) is 0 Å². The number of nitrogens with zero attached hydrogens (tertiary/aromatic N) is 2. The number of amides is 1. The topological polar surface area (TPSA) is 83.7 Å². The van der Waals surface area contributed by atoms with Crippen molar-refractivity contribution < 1.29 is 13.2 Å². The molecule has 0 saturated carbocycles. The standard InChI is InChI=1S/C18H27N3O3S/c1-13-8-14(2)11-21(10-13)25(23,24)17-5-3-4-15(9-17)18(22)20-7-6-16(19)12-20/h3-5,9,13-14,16H,6-8,10-12,19H2,1-2H3/t13?,14?,16-/m1/s1. The van der Waals surface area contributed by atoms with Crippen molar-refractivity contribution in [1.82, 2.24) is 9.21 Å². The smallest absolute Gasteiger partial charge is 0.253 e. The number of likely N-dealkylation sites (tertiary alicyclic amines) is 1. The summed E-state index contributed by atoms with van der Waals surface area (Å²) >= 11 is 0. The van der Waals surface area contributed by atoms with E-state index in [2.05, 4.69) is 13.8 Å². The zero-order valence-electron chi connectivity index (χ0n) is 14.9. The van der Waals surface area contributed by atoms with Crippen molar-refractivity contribution in [3.8, 4) is 0 Å². The summed E-state index contributed by atoms with van der Waals surface area (Å²) in [6.45, 7) is 6.37. The molecule has 2 fully saturated rings. The molecular formula is C18H27N3O3S. The van der Waals surface area contributed by atoms with Crippen LogP contribution in [0.1, 0.15) is 37.0 Å². The van der Waals surface area contributed by atoms with E-state index in [1.165, 1.54) is 6.07 Å². The molecular weight excluding hydrogens is 338 g/mol. The lowest BCUT2D eigenvalue weighted by Crippen LogP contribution is -2.42. The van der Waals surface area contributed by atoms with Crippen molar-refractivity contribution >= 4 is 15.9 Å². The van der Waals surface area contributed by atoms with Crippen LogP contribution in [0.4, 0.5) is 0 Å². The monoisotopic (exact) mass is 365 g/mol. The van der Waals surface area contributed by atoms with Crippen LogP contribution in [-0.2, 0) is 10.0 Å². The van der Waals surface area contributed by atoms with E-state index in [9.17, 15) is 13.2 Å². The molecule has 0 bridgehead atoms. The summed E-state index contributed by atoms with van der Waals surface area (Å²) in [7, 11) is -3.58. The fourth-order valence-electron chi connectivity index (χ4n) is 3.89. The summed E-state index contributed by atoms with van der Waals surface area (Å²) in [5.41, 5.74) is 6.28. The van der Waals surface area contributed by atoms with Crippen LogP contribution in [0.15, 0.2) is 29.2 Å². The van der Waals surface area contributed by atoms with E-state index in [4.69, 9.17) is 5.73 Å².